The molecule has 4 aliphatic heterocycles. The van der Waals surface area contributed by atoms with Crippen LogP contribution in [0.15, 0.2) is 0 Å². The highest BCUT2D eigenvalue weighted by atomic mass is 16.7. The van der Waals surface area contributed by atoms with Crippen LogP contribution in [0, 0.1) is 0 Å². The van der Waals surface area contributed by atoms with E-state index in [-0.39, 0.29) is 13.2 Å². The minimum absolute atomic E-state index is 0.0234. The third-order valence-corrected chi connectivity index (χ3v) is 12.8. The predicted molar refractivity (Wildman–Crippen MR) is 223 cm³/mol. The molecule has 22 nitrogen and oxygen atoms in total. The van der Waals surface area contributed by atoms with Crippen LogP contribution in [0.4, 0.5) is 0 Å². The number of hydrogen-bond acceptors (Lipinski definition) is 22. The zero-order chi connectivity index (χ0) is 47.5. The largest absolute Gasteiger partial charge is 0.394 e. The van der Waals surface area contributed by atoms with E-state index in [1.165, 1.54) is 44.9 Å². The van der Waals surface area contributed by atoms with Gasteiger partial charge in [-0.25, -0.2) is 0 Å². The second-order valence-electron chi connectivity index (χ2n) is 17.8. The first-order valence-electron chi connectivity index (χ1n) is 23.7. The van der Waals surface area contributed by atoms with Gasteiger partial charge < -0.3 is 109 Å². The third-order valence-electron chi connectivity index (χ3n) is 12.8. The van der Waals surface area contributed by atoms with Crippen LogP contribution >= 0.6 is 0 Å². The fraction of sp³-hybridized carbons (Fsp3) is 1.00. The van der Waals surface area contributed by atoms with E-state index in [9.17, 15) is 71.5 Å². The molecule has 12 unspecified atom stereocenters. The van der Waals surface area contributed by atoms with Crippen molar-refractivity contribution in [2.45, 2.75) is 225 Å². The molecule has 4 fully saturated rings. The molecule has 4 heterocycles. The maximum Gasteiger partial charge on any atom is 0.187 e. The Bertz CT molecular complexity index is 1150. The van der Waals surface area contributed by atoms with Crippen LogP contribution in [0.25, 0.3) is 0 Å². The summed E-state index contributed by atoms with van der Waals surface area (Å²) in [4.78, 5) is 0. The molecule has 0 spiro atoms. The smallest absolute Gasteiger partial charge is 0.187 e. The summed E-state index contributed by atoms with van der Waals surface area (Å²) in [5, 5.41) is 142. The highest BCUT2D eigenvalue weighted by molar-refractivity contribution is 4.96. The number of aliphatic hydroxyl groups is 14. The third kappa shape index (κ3) is 16.6. The van der Waals surface area contributed by atoms with Crippen molar-refractivity contribution in [1.29, 1.82) is 0 Å². The standard InChI is InChI=1S/C43H80O22/c44-19-24-29(48)32(51)36(55)42(61-24)64-39-26(21-46)60-28(31(50)34(39)53)23-58-17-15-13-11-9-7-5-3-1-2-4-6-8-10-12-14-16-18-59-41-38(57)35(54)40(27(22-47)63-41)65-43-37(56)33(52)30(49)25(20-45)62-43/h24-57H,1-23H2/t24?,25?,26?,27?,28-,29?,30?,31?,32+,33-,34-,35+,36?,37?,38?,39?,40?,41-,42+,43-/m1/s1. The van der Waals surface area contributed by atoms with Crippen molar-refractivity contribution < 1.29 is 109 Å². The van der Waals surface area contributed by atoms with Gasteiger partial charge in [-0.05, 0) is 12.8 Å². The topological polar surface area (TPSA) is 357 Å². The van der Waals surface area contributed by atoms with Crippen molar-refractivity contribution in [3.05, 3.63) is 0 Å². The second kappa shape index (κ2) is 30.0. The van der Waals surface area contributed by atoms with E-state index in [4.69, 9.17) is 37.9 Å². The molecule has 0 aromatic carbocycles. The minimum atomic E-state index is -1.73. The Morgan fingerprint density at radius 3 is 1.03 bits per heavy atom. The number of unbranched alkanes of at least 4 members (excludes halogenated alkanes) is 15. The van der Waals surface area contributed by atoms with Crippen LogP contribution in [0.3, 0.4) is 0 Å². The van der Waals surface area contributed by atoms with Gasteiger partial charge >= 0.3 is 0 Å². The molecule has 0 saturated carbocycles. The molecule has 384 valence electrons. The maximum absolute atomic E-state index is 10.8. The van der Waals surface area contributed by atoms with Gasteiger partial charge in [-0.2, -0.15) is 0 Å². The van der Waals surface area contributed by atoms with Crippen molar-refractivity contribution >= 4 is 0 Å². The summed E-state index contributed by atoms with van der Waals surface area (Å²) in [6.07, 6.45) is -11.6. The van der Waals surface area contributed by atoms with Gasteiger partial charge in [0.2, 0.25) is 0 Å². The van der Waals surface area contributed by atoms with E-state index < -0.39 is 149 Å². The Hall–Kier alpha value is -0.880. The Balaban J connectivity index is 0.929. The SMILES string of the molecule is OCC1O[C@H](OC2C(CO)O[C@@H](OCCCCCCCCCCCCCCCCCCOC[C@H]3OC(CO)C(O[C@@H]4OC(CO)C(O)[C@H](O)C4O)[C@H](O)C3O)C(O)[C@@H]2O)C(O)[C@H](O)C1O. The Morgan fingerprint density at radius 2 is 0.615 bits per heavy atom. The van der Waals surface area contributed by atoms with Crippen molar-refractivity contribution in [2.75, 3.05) is 46.2 Å². The molecule has 0 radical (unpaired) electrons. The van der Waals surface area contributed by atoms with Crippen molar-refractivity contribution in [1.82, 2.24) is 0 Å². The van der Waals surface area contributed by atoms with E-state index in [0.29, 0.717) is 13.0 Å². The molecule has 0 amide bonds. The zero-order valence-electron chi connectivity index (χ0n) is 37.3. The lowest BCUT2D eigenvalue weighted by Crippen LogP contribution is -2.64. The molecule has 0 aromatic rings. The summed E-state index contributed by atoms with van der Waals surface area (Å²) in [6.45, 7) is -1.87. The molecule has 0 aromatic heterocycles. The van der Waals surface area contributed by atoms with Gasteiger partial charge in [-0.15, -0.1) is 0 Å². The normalized spacial score (nSPS) is 40.3. The molecular weight excluding hydrogens is 868 g/mol. The lowest BCUT2D eigenvalue weighted by molar-refractivity contribution is -0.359. The maximum atomic E-state index is 10.8. The van der Waals surface area contributed by atoms with Crippen LogP contribution in [-0.2, 0) is 37.9 Å². The van der Waals surface area contributed by atoms with E-state index in [1.54, 1.807) is 0 Å². The van der Waals surface area contributed by atoms with E-state index in [1.807, 2.05) is 0 Å². The van der Waals surface area contributed by atoms with Crippen molar-refractivity contribution in [3.63, 3.8) is 0 Å². The Morgan fingerprint density at radius 1 is 0.292 bits per heavy atom. The summed E-state index contributed by atoms with van der Waals surface area (Å²) in [5.41, 5.74) is 0. The fourth-order valence-corrected chi connectivity index (χ4v) is 8.68. The summed E-state index contributed by atoms with van der Waals surface area (Å²) in [6, 6.07) is 0. The van der Waals surface area contributed by atoms with Crippen molar-refractivity contribution in [3.8, 4) is 0 Å². The van der Waals surface area contributed by atoms with Crippen LogP contribution in [0.5, 0.6) is 0 Å². The number of rotatable bonds is 30. The highest BCUT2D eigenvalue weighted by Gasteiger charge is 2.52. The fourth-order valence-electron chi connectivity index (χ4n) is 8.68. The molecule has 14 N–H and O–H groups in total. The quantitative estimate of drug-likeness (QED) is 0.0311. The van der Waals surface area contributed by atoms with Gasteiger partial charge in [-0.3, -0.25) is 0 Å². The van der Waals surface area contributed by atoms with Gasteiger partial charge in [0.1, 0.15) is 104 Å². The lowest BCUT2D eigenvalue weighted by Gasteiger charge is -2.46. The van der Waals surface area contributed by atoms with Gasteiger partial charge in [0, 0.05) is 13.2 Å². The number of aliphatic hydroxyl groups excluding tert-OH is 14. The number of hydrogen-bond donors (Lipinski definition) is 14. The molecule has 20 atom stereocenters. The summed E-state index contributed by atoms with van der Waals surface area (Å²) in [7, 11) is 0. The van der Waals surface area contributed by atoms with Gasteiger partial charge in [0.05, 0.1) is 33.0 Å². The molecule has 4 aliphatic rings. The van der Waals surface area contributed by atoms with Crippen LogP contribution < -0.4 is 0 Å². The molecule has 4 saturated heterocycles. The lowest BCUT2D eigenvalue weighted by atomic mass is 9.94. The molecular formula is C43H80O22. The minimum Gasteiger partial charge on any atom is -0.394 e. The summed E-state index contributed by atoms with van der Waals surface area (Å²) >= 11 is 0. The average molecular weight is 949 g/mol. The van der Waals surface area contributed by atoms with Gasteiger partial charge in [-0.1, -0.05) is 89.9 Å². The molecule has 65 heavy (non-hydrogen) atoms. The molecule has 0 bridgehead atoms. The molecule has 22 heteroatoms. The highest BCUT2D eigenvalue weighted by Crippen LogP contribution is 2.31. The molecule has 4 rings (SSSR count). The summed E-state index contributed by atoms with van der Waals surface area (Å²) < 4.78 is 44.6. The average Bonchev–Trinajstić information content (AvgIpc) is 3.30. The van der Waals surface area contributed by atoms with Crippen LogP contribution in [0.2, 0.25) is 0 Å². The van der Waals surface area contributed by atoms with Crippen LogP contribution in [0.1, 0.15) is 103 Å². The van der Waals surface area contributed by atoms with E-state index >= 15 is 0 Å². The Labute approximate surface area is 380 Å². The van der Waals surface area contributed by atoms with Crippen molar-refractivity contribution in [2.24, 2.45) is 0 Å². The Kier molecular flexibility index (Phi) is 26.2. The van der Waals surface area contributed by atoms with E-state index in [2.05, 4.69) is 0 Å². The first-order valence-corrected chi connectivity index (χ1v) is 23.7. The molecule has 0 aliphatic carbocycles. The van der Waals surface area contributed by atoms with Gasteiger partial charge in [0.25, 0.3) is 0 Å². The predicted octanol–water partition coefficient (Wildman–Crippen LogP) is -3.45. The first-order chi connectivity index (χ1) is 31.3. The first kappa shape index (κ1) is 56.7. The van der Waals surface area contributed by atoms with E-state index in [0.717, 1.165) is 51.4 Å². The van der Waals surface area contributed by atoms with Gasteiger partial charge in [0.15, 0.2) is 18.9 Å². The summed E-state index contributed by atoms with van der Waals surface area (Å²) in [5.74, 6) is 0. The monoisotopic (exact) mass is 949 g/mol. The second-order valence-corrected chi connectivity index (χ2v) is 17.8. The number of ether oxygens (including phenoxy) is 8. The van der Waals surface area contributed by atoms with Crippen LogP contribution in [-0.4, -0.2) is 240 Å². The zero-order valence-corrected chi connectivity index (χ0v) is 37.3.